The molecule has 0 aliphatic rings. The fraction of sp³-hybridized carbons (Fsp3) is 0.647. The van der Waals surface area contributed by atoms with Crippen LogP contribution in [0.25, 0.3) is 0 Å². The lowest BCUT2D eigenvalue weighted by Gasteiger charge is -2.21. The highest BCUT2D eigenvalue weighted by atomic mass is 16.5. The van der Waals surface area contributed by atoms with Crippen LogP contribution in [0.4, 0.5) is 0 Å². The first-order valence-electron chi connectivity index (χ1n) is 7.64. The average molecular weight is 295 g/mol. The second-order valence-corrected chi connectivity index (χ2v) is 5.99. The molecule has 120 valence electrons. The molecule has 1 atom stereocenters. The number of hydrogen-bond donors (Lipinski definition) is 2. The highest BCUT2D eigenvalue weighted by Gasteiger charge is 2.15. The highest BCUT2D eigenvalue weighted by molar-refractivity contribution is 5.42. The number of nitrogens with one attached hydrogen (secondary N) is 1. The van der Waals surface area contributed by atoms with E-state index in [9.17, 15) is 5.11 Å². The van der Waals surface area contributed by atoms with E-state index in [1.54, 1.807) is 21.0 Å². The van der Waals surface area contributed by atoms with E-state index < -0.39 is 5.60 Å². The van der Waals surface area contributed by atoms with Gasteiger partial charge < -0.3 is 19.9 Å². The van der Waals surface area contributed by atoms with E-state index in [0.29, 0.717) is 13.0 Å². The van der Waals surface area contributed by atoms with E-state index in [2.05, 4.69) is 19.2 Å². The summed E-state index contributed by atoms with van der Waals surface area (Å²) >= 11 is 0. The summed E-state index contributed by atoms with van der Waals surface area (Å²) in [7, 11) is 1.65. The molecule has 4 heteroatoms. The van der Waals surface area contributed by atoms with Crippen LogP contribution in [0.1, 0.15) is 52.1 Å². The molecule has 1 aromatic rings. The van der Waals surface area contributed by atoms with Crippen LogP contribution >= 0.6 is 0 Å². The first-order valence-corrected chi connectivity index (χ1v) is 7.64. The molecule has 0 aliphatic heterocycles. The largest absolute Gasteiger partial charge is 0.497 e. The van der Waals surface area contributed by atoms with Crippen LogP contribution in [0.3, 0.4) is 0 Å². The van der Waals surface area contributed by atoms with Crippen LogP contribution in [0.15, 0.2) is 18.2 Å². The highest BCUT2D eigenvalue weighted by Crippen LogP contribution is 2.30. The Bertz CT molecular complexity index is 427. The number of benzene rings is 1. The van der Waals surface area contributed by atoms with Gasteiger partial charge in [-0.3, -0.25) is 0 Å². The molecule has 0 heterocycles. The van der Waals surface area contributed by atoms with Crippen LogP contribution < -0.4 is 14.8 Å². The molecule has 4 nitrogen and oxygen atoms in total. The van der Waals surface area contributed by atoms with Crippen molar-refractivity contribution in [1.82, 2.24) is 5.32 Å². The number of hydrogen-bond acceptors (Lipinski definition) is 4. The van der Waals surface area contributed by atoms with Crippen molar-refractivity contribution in [3.63, 3.8) is 0 Å². The van der Waals surface area contributed by atoms with Gasteiger partial charge in [0, 0.05) is 24.1 Å². The van der Waals surface area contributed by atoms with E-state index in [-0.39, 0.29) is 6.04 Å². The Morgan fingerprint density at radius 3 is 2.62 bits per heavy atom. The van der Waals surface area contributed by atoms with Gasteiger partial charge >= 0.3 is 0 Å². The zero-order valence-corrected chi connectivity index (χ0v) is 13.9. The maximum Gasteiger partial charge on any atom is 0.127 e. The topological polar surface area (TPSA) is 50.7 Å². The van der Waals surface area contributed by atoms with Gasteiger partial charge in [0.05, 0.1) is 19.3 Å². The maximum absolute atomic E-state index is 9.77. The van der Waals surface area contributed by atoms with Crippen LogP contribution in [-0.2, 0) is 0 Å². The SMILES string of the molecule is CCCNC(C)c1ccc(OC)cc1OCCC(C)(C)O. The summed E-state index contributed by atoms with van der Waals surface area (Å²) in [6.07, 6.45) is 1.68. The summed E-state index contributed by atoms with van der Waals surface area (Å²) in [5.74, 6) is 1.59. The molecule has 0 aliphatic carbocycles. The lowest BCUT2D eigenvalue weighted by atomic mass is 10.1. The second-order valence-electron chi connectivity index (χ2n) is 5.99. The average Bonchev–Trinajstić information content (AvgIpc) is 2.43. The van der Waals surface area contributed by atoms with Crippen molar-refractivity contribution >= 4 is 0 Å². The van der Waals surface area contributed by atoms with Gasteiger partial charge in [0.15, 0.2) is 0 Å². The third-order valence-corrected chi connectivity index (χ3v) is 3.36. The molecule has 1 aromatic carbocycles. The molecule has 21 heavy (non-hydrogen) atoms. The molecule has 2 N–H and O–H groups in total. The minimum atomic E-state index is -0.717. The minimum absolute atomic E-state index is 0.216. The maximum atomic E-state index is 9.77. The molecule has 0 saturated heterocycles. The summed E-state index contributed by atoms with van der Waals surface area (Å²) in [4.78, 5) is 0. The first-order chi connectivity index (χ1) is 9.87. The second kappa shape index (κ2) is 8.25. The van der Waals surface area contributed by atoms with Crippen molar-refractivity contribution in [2.24, 2.45) is 0 Å². The first kappa shape index (κ1) is 17.8. The number of aliphatic hydroxyl groups is 1. The molecule has 0 radical (unpaired) electrons. The van der Waals surface area contributed by atoms with Crippen LogP contribution in [0.2, 0.25) is 0 Å². The molecule has 0 aromatic heterocycles. The van der Waals surface area contributed by atoms with Crippen molar-refractivity contribution < 1.29 is 14.6 Å². The molecule has 0 bridgehead atoms. The Labute approximate surface area is 128 Å². The van der Waals surface area contributed by atoms with E-state index in [1.165, 1.54) is 0 Å². The van der Waals surface area contributed by atoms with Crippen molar-refractivity contribution in [3.8, 4) is 11.5 Å². The van der Waals surface area contributed by atoms with Crippen LogP contribution in [0.5, 0.6) is 11.5 Å². The van der Waals surface area contributed by atoms with Crippen LogP contribution in [0, 0.1) is 0 Å². The normalized spacial score (nSPS) is 13.0. The lowest BCUT2D eigenvalue weighted by molar-refractivity contribution is 0.0551. The van der Waals surface area contributed by atoms with Gasteiger partial charge in [0.25, 0.3) is 0 Å². The van der Waals surface area contributed by atoms with E-state index in [0.717, 1.165) is 30.0 Å². The Balaban J connectivity index is 2.81. The Morgan fingerprint density at radius 1 is 1.33 bits per heavy atom. The Morgan fingerprint density at radius 2 is 2.05 bits per heavy atom. The van der Waals surface area contributed by atoms with Gasteiger partial charge in [-0.15, -0.1) is 0 Å². The predicted molar refractivity (Wildman–Crippen MR) is 86.1 cm³/mol. The third kappa shape index (κ3) is 6.36. The number of ether oxygens (including phenoxy) is 2. The molecular formula is C17H29NO3. The standard InChI is InChI=1S/C17H29NO3/c1-6-10-18-13(2)15-8-7-14(20-5)12-16(15)21-11-9-17(3,4)19/h7-8,12-13,18-19H,6,9-11H2,1-5H3. The molecule has 0 fully saturated rings. The summed E-state index contributed by atoms with van der Waals surface area (Å²) in [6.45, 7) is 9.29. The molecule has 1 unspecified atom stereocenters. The van der Waals surface area contributed by atoms with Gasteiger partial charge in [0.2, 0.25) is 0 Å². The van der Waals surface area contributed by atoms with Gasteiger partial charge in [-0.1, -0.05) is 13.0 Å². The fourth-order valence-electron chi connectivity index (χ4n) is 2.01. The van der Waals surface area contributed by atoms with Crippen molar-refractivity contribution in [2.75, 3.05) is 20.3 Å². The summed E-state index contributed by atoms with van der Waals surface area (Å²) < 4.78 is 11.1. The zero-order chi connectivity index (χ0) is 15.9. The predicted octanol–water partition coefficient (Wildman–Crippen LogP) is 3.30. The number of methoxy groups -OCH3 is 1. The molecule has 0 saturated carbocycles. The molecule has 0 amide bonds. The van der Waals surface area contributed by atoms with E-state index >= 15 is 0 Å². The minimum Gasteiger partial charge on any atom is -0.497 e. The van der Waals surface area contributed by atoms with Gasteiger partial charge in [-0.2, -0.15) is 0 Å². The van der Waals surface area contributed by atoms with Crippen molar-refractivity contribution in [1.29, 1.82) is 0 Å². The fourth-order valence-corrected chi connectivity index (χ4v) is 2.01. The third-order valence-electron chi connectivity index (χ3n) is 3.36. The summed E-state index contributed by atoms with van der Waals surface area (Å²) in [5.41, 5.74) is 0.394. The smallest absolute Gasteiger partial charge is 0.127 e. The van der Waals surface area contributed by atoms with E-state index in [4.69, 9.17) is 9.47 Å². The monoisotopic (exact) mass is 295 g/mol. The quantitative estimate of drug-likeness (QED) is 0.734. The summed E-state index contributed by atoms with van der Waals surface area (Å²) in [6, 6.07) is 6.10. The number of rotatable bonds is 9. The molecular weight excluding hydrogens is 266 g/mol. The zero-order valence-electron chi connectivity index (χ0n) is 13.9. The van der Waals surface area contributed by atoms with Crippen molar-refractivity contribution in [2.45, 2.75) is 52.2 Å². The van der Waals surface area contributed by atoms with Gasteiger partial charge in [-0.25, -0.2) is 0 Å². The van der Waals surface area contributed by atoms with Gasteiger partial charge in [0.1, 0.15) is 11.5 Å². The Kier molecular flexibility index (Phi) is 6.99. The molecule has 1 rings (SSSR count). The Hall–Kier alpha value is -1.26. The van der Waals surface area contributed by atoms with Crippen LogP contribution in [-0.4, -0.2) is 31.0 Å². The molecule has 0 spiro atoms. The van der Waals surface area contributed by atoms with Crippen molar-refractivity contribution in [3.05, 3.63) is 23.8 Å². The lowest BCUT2D eigenvalue weighted by Crippen LogP contribution is -2.23. The van der Waals surface area contributed by atoms with E-state index in [1.807, 2.05) is 18.2 Å². The van der Waals surface area contributed by atoms with Gasteiger partial charge in [-0.05, 0) is 39.8 Å². The summed E-state index contributed by atoms with van der Waals surface area (Å²) in [5, 5.41) is 13.2.